The molecule has 0 unspecified atom stereocenters. The minimum atomic E-state index is -0.676. The molecule has 0 aliphatic carbocycles. The SMILES string of the molecule is COc1ccc(NC(=O)C[C@H]2C(=O)N(c3cccc(OC)c3)C(=S)N2CCCN2CCN(C)CC2)cc1. The molecule has 10 heteroatoms. The van der Waals surface area contributed by atoms with E-state index in [0.717, 1.165) is 39.1 Å². The van der Waals surface area contributed by atoms with E-state index in [4.69, 9.17) is 21.7 Å². The third kappa shape index (κ3) is 6.57. The number of rotatable bonds is 10. The van der Waals surface area contributed by atoms with Gasteiger partial charge in [-0.2, -0.15) is 0 Å². The van der Waals surface area contributed by atoms with Gasteiger partial charge in [0, 0.05) is 44.5 Å². The van der Waals surface area contributed by atoms with Crippen LogP contribution in [0.3, 0.4) is 0 Å². The molecule has 37 heavy (non-hydrogen) atoms. The Balaban J connectivity index is 1.47. The summed E-state index contributed by atoms with van der Waals surface area (Å²) in [6.45, 7) is 5.69. The van der Waals surface area contributed by atoms with Crippen LogP contribution in [-0.2, 0) is 9.59 Å². The van der Waals surface area contributed by atoms with Crippen molar-refractivity contribution < 1.29 is 19.1 Å². The number of methoxy groups -OCH3 is 2. The van der Waals surface area contributed by atoms with E-state index in [1.807, 2.05) is 23.1 Å². The number of nitrogens with zero attached hydrogens (tertiary/aromatic N) is 4. The zero-order valence-electron chi connectivity index (χ0n) is 21.7. The molecule has 2 aromatic rings. The Labute approximate surface area is 223 Å². The molecule has 2 aliphatic heterocycles. The van der Waals surface area contributed by atoms with Gasteiger partial charge in [0.2, 0.25) is 5.91 Å². The van der Waals surface area contributed by atoms with Gasteiger partial charge in [-0.3, -0.25) is 14.5 Å². The molecule has 2 amide bonds. The Bertz CT molecular complexity index is 1100. The molecular formula is C27H35N5O4S. The van der Waals surface area contributed by atoms with Crippen molar-refractivity contribution in [1.82, 2.24) is 14.7 Å². The second-order valence-corrected chi connectivity index (χ2v) is 9.71. The van der Waals surface area contributed by atoms with Crippen molar-refractivity contribution in [2.45, 2.75) is 18.9 Å². The quantitative estimate of drug-likeness (QED) is 0.475. The van der Waals surface area contributed by atoms with E-state index in [1.54, 1.807) is 44.6 Å². The third-order valence-corrected chi connectivity index (χ3v) is 7.27. The smallest absolute Gasteiger partial charge is 0.256 e. The molecule has 0 saturated carbocycles. The van der Waals surface area contributed by atoms with Gasteiger partial charge in [0.1, 0.15) is 17.5 Å². The first-order valence-electron chi connectivity index (χ1n) is 12.5. The lowest BCUT2D eigenvalue weighted by atomic mass is 10.1. The Morgan fingerprint density at radius 1 is 1.00 bits per heavy atom. The van der Waals surface area contributed by atoms with Crippen LogP contribution >= 0.6 is 12.2 Å². The van der Waals surface area contributed by atoms with Crippen LogP contribution in [0.1, 0.15) is 12.8 Å². The number of benzene rings is 2. The van der Waals surface area contributed by atoms with E-state index in [1.165, 1.54) is 4.90 Å². The number of hydrogen-bond acceptors (Lipinski definition) is 7. The molecule has 1 atom stereocenters. The van der Waals surface area contributed by atoms with Gasteiger partial charge in [-0.15, -0.1) is 0 Å². The lowest BCUT2D eigenvalue weighted by Gasteiger charge is -2.33. The maximum absolute atomic E-state index is 13.6. The minimum Gasteiger partial charge on any atom is -0.497 e. The summed E-state index contributed by atoms with van der Waals surface area (Å²) in [7, 11) is 5.31. The first-order chi connectivity index (χ1) is 17.9. The van der Waals surface area contributed by atoms with Crippen molar-refractivity contribution >= 4 is 40.5 Å². The average molecular weight is 526 g/mol. The van der Waals surface area contributed by atoms with Crippen LogP contribution < -0.4 is 19.7 Å². The molecule has 2 aliphatic rings. The van der Waals surface area contributed by atoms with E-state index in [2.05, 4.69) is 22.2 Å². The van der Waals surface area contributed by atoms with E-state index < -0.39 is 6.04 Å². The lowest BCUT2D eigenvalue weighted by molar-refractivity contribution is -0.124. The number of hydrogen-bond donors (Lipinski definition) is 1. The van der Waals surface area contributed by atoms with Crippen molar-refractivity contribution in [1.29, 1.82) is 0 Å². The fourth-order valence-electron chi connectivity index (χ4n) is 4.67. The molecule has 0 aromatic heterocycles. The number of nitrogens with one attached hydrogen (secondary N) is 1. The van der Waals surface area contributed by atoms with Gasteiger partial charge < -0.3 is 29.5 Å². The fourth-order valence-corrected chi connectivity index (χ4v) is 5.09. The Kier molecular flexibility index (Phi) is 8.96. The Morgan fingerprint density at radius 2 is 1.70 bits per heavy atom. The number of ether oxygens (including phenoxy) is 2. The summed E-state index contributed by atoms with van der Waals surface area (Å²) < 4.78 is 10.5. The van der Waals surface area contributed by atoms with Gasteiger partial charge >= 0.3 is 0 Å². The van der Waals surface area contributed by atoms with Crippen LogP contribution in [0.15, 0.2) is 48.5 Å². The normalized spacial score (nSPS) is 18.8. The highest BCUT2D eigenvalue weighted by atomic mass is 32.1. The van der Waals surface area contributed by atoms with Gasteiger partial charge in [-0.05, 0) is 68.6 Å². The molecule has 2 aromatic carbocycles. The summed E-state index contributed by atoms with van der Waals surface area (Å²) in [6.07, 6.45) is 0.847. The van der Waals surface area contributed by atoms with Gasteiger partial charge in [-0.1, -0.05) is 6.07 Å². The molecule has 0 radical (unpaired) electrons. The topological polar surface area (TPSA) is 77.6 Å². The van der Waals surface area contributed by atoms with Gasteiger partial charge in [0.05, 0.1) is 26.3 Å². The number of likely N-dealkylation sites (N-methyl/N-ethyl adjacent to an activating group) is 1. The molecule has 2 saturated heterocycles. The summed E-state index contributed by atoms with van der Waals surface area (Å²) in [5, 5.41) is 3.31. The summed E-state index contributed by atoms with van der Waals surface area (Å²) in [4.78, 5) is 34.8. The van der Waals surface area contributed by atoms with Crippen molar-refractivity contribution in [3.8, 4) is 11.5 Å². The number of carbonyl (C=O) groups excluding carboxylic acids is 2. The van der Waals surface area contributed by atoms with E-state index in [0.29, 0.717) is 34.5 Å². The van der Waals surface area contributed by atoms with E-state index in [-0.39, 0.29) is 18.2 Å². The monoisotopic (exact) mass is 525 g/mol. The fraction of sp³-hybridized carbons (Fsp3) is 0.444. The number of carbonyl (C=O) groups is 2. The van der Waals surface area contributed by atoms with Gasteiger partial charge in [0.25, 0.3) is 5.91 Å². The first-order valence-corrected chi connectivity index (χ1v) is 12.9. The molecule has 2 heterocycles. The second-order valence-electron chi connectivity index (χ2n) is 9.35. The highest BCUT2D eigenvalue weighted by Crippen LogP contribution is 2.30. The molecule has 4 rings (SSSR count). The number of thiocarbonyl (C=S) groups is 1. The highest BCUT2D eigenvalue weighted by Gasteiger charge is 2.44. The highest BCUT2D eigenvalue weighted by molar-refractivity contribution is 7.80. The largest absolute Gasteiger partial charge is 0.497 e. The van der Waals surface area contributed by atoms with Gasteiger partial charge in [-0.25, -0.2) is 0 Å². The van der Waals surface area contributed by atoms with Crippen LogP contribution in [0.5, 0.6) is 11.5 Å². The minimum absolute atomic E-state index is 0.0000198. The van der Waals surface area contributed by atoms with Crippen molar-refractivity contribution in [3.05, 3.63) is 48.5 Å². The summed E-state index contributed by atoms with van der Waals surface area (Å²) >= 11 is 5.80. The molecule has 2 fully saturated rings. The molecule has 0 spiro atoms. The van der Waals surface area contributed by atoms with Crippen LogP contribution in [0.25, 0.3) is 0 Å². The third-order valence-electron chi connectivity index (χ3n) is 6.85. The zero-order chi connectivity index (χ0) is 26.4. The van der Waals surface area contributed by atoms with Crippen molar-refractivity contribution in [2.75, 3.05) is 70.8 Å². The molecule has 0 bridgehead atoms. The van der Waals surface area contributed by atoms with Crippen molar-refractivity contribution in [3.63, 3.8) is 0 Å². The van der Waals surface area contributed by atoms with Crippen LogP contribution in [-0.4, -0.2) is 98.2 Å². The predicted molar refractivity (Wildman–Crippen MR) is 148 cm³/mol. The lowest BCUT2D eigenvalue weighted by Crippen LogP contribution is -2.45. The molecular weight excluding hydrogens is 490 g/mol. The molecule has 1 N–H and O–H groups in total. The number of piperazine rings is 1. The Morgan fingerprint density at radius 3 is 2.38 bits per heavy atom. The van der Waals surface area contributed by atoms with Crippen LogP contribution in [0.4, 0.5) is 11.4 Å². The number of anilines is 2. The summed E-state index contributed by atoms with van der Waals surface area (Å²) in [5.41, 5.74) is 1.28. The predicted octanol–water partition coefficient (Wildman–Crippen LogP) is 2.67. The maximum Gasteiger partial charge on any atom is 0.256 e. The maximum atomic E-state index is 13.6. The first kappa shape index (κ1) is 26.8. The van der Waals surface area contributed by atoms with E-state index >= 15 is 0 Å². The van der Waals surface area contributed by atoms with Gasteiger partial charge in [0.15, 0.2) is 5.11 Å². The molecule has 198 valence electrons. The standard InChI is InChI=1S/C27H35N5O4S/c1-29-14-16-30(17-15-29)12-5-13-31-24(19-25(33)28-20-8-10-22(35-2)11-9-20)26(34)32(27(31)37)21-6-4-7-23(18-21)36-3/h4,6-11,18,24H,5,12-17,19H2,1-3H3,(H,28,33)/t24-/m0/s1. The second kappa shape index (κ2) is 12.4. The molecule has 9 nitrogen and oxygen atoms in total. The van der Waals surface area contributed by atoms with Crippen LogP contribution in [0.2, 0.25) is 0 Å². The summed E-state index contributed by atoms with van der Waals surface area (Å²) in [6, 6.07) is 13.7. The zero-order valence-corrected chi connectivity index (χ0v) is 22.5. The van der Waals surface area contributed by atoms with E-state index in [9.17, 15) is 9.59 Å². The van der Waals surface area contributed by atoms with Crippen molar-refractivity contribution in [2.24, 2.45) is 0 Å². The average Bonchev–Trinajstić information content (AvgIpc) is 3.14. The number of amides is 2. The van der Waals surface area contributed by atoms with Crippen LogP contribution in [0, 0.1) is 0 Å². The summed E-state index contributed by atoms with van der Waals surface area (Å²) in [5.74, 6) is 0.885. The Hall–Kier alpha value is -3.21.